The number of carboxylic acid groups (broad SMARTS) is 1. The monoisotopic (exact) mass is 291 g/mol. The Balaban J connectivity index is 2.26. The first-order valence-electron chi connectivity index (χ1n) is 5.90. The SMILES string of the molecule is CN(C)c1cccc(Nc2ncc(C(=O)O)cc2Cl)c1. The molecule has 104 valence electrons. The number of carboxylic acids is 1. The molecule has 0 radical (unpaired) electrons. The minimum absolute atomic E-state index is 0.0580. The van der Waals surface area contributed by atoms with Crippen LogP contribution in [0.1, 0.15) is 10.4 Å². The Hall–Kier alpha value is -2.27. The first-order chi connectivity index (χ1) is 9.47. The molecule has 0 amide bonds. The third-order valence-electron chi connectivity index (χ3n) is 2.71. The predicted molar refractivity (Wildman–Crippen MR) is 80.3 cm³/mol. The van der Waals surface area contributed by atoms with E-state index in [1.807, 2.05) is 43.3 Å². The molecule has 20 heavy (non-hydrogen) atoms. The third-order valence-corrected chi connectivity index (χ3v) is 3.00. The van der Waals surface area contributed by atoms with Crippen LogP contribution in [0.25, 0.3) is 0 Å². The van der Waals surface area contributed by atoms with E-state index in [2.05, 4.69) is 10.3 Å². The molecule has 2 N–H and O–H groups in total. The van der Waals surface area contributed by atoms with Crippen molar-refractivity contribution in [3.63, 3.8) is 0 Å². The van der Waals surface area contributed by atoms with Crippen LogP contribution in [0.2, 0.25) is 5.02 Å². The van der Waals surface area contributed by atoms with Gasteiger partial charge in [-0.05, 0) is 24.3 Å². The summed E-state index contributed by atoms with van der Waals surface area (Å²) in [6.07, 6.45) is 1.27. The molecular weight excluding hydrogens is 278 g/mol. The average Bonchev–Trinajstić information content (AvgIpc) is 2.41. The van der Waals surface area contributed by atoms with E-state index in [1.54, 1.807) is 0 Å². The van der Waals surface area contributed by atoms with Gasteiger partial charge in [0, 0.05) is 31.7 Å². The number of halogens is 1. The van der Waals surface area contributed by atoms with E-state index in [4.69, 9.17) is 16.7 Å². The highest BCUT2D eigenvalue weighted by molar-refractivity contribution is 6.33. The molecule has 0 spiro atoms. The van der Waals surface area contributed by atoms with Crippen molar-refractivity contribution in [2.75, 3.05) is 24.3 Å². The number of carbonyl (C=O) groups is 1. The lowest BCUT2D eigenvalue weighted by Crippen LogP contribution is -2.08. The highest BCUT2D eigenvalue weighted by Gasteiger charge is 2.09. The smallest absolute Gasteiger partial charge is 0.337 e. The van der Waals surface area contributed by atoms with Gasteiger partial charge in [0.15, 0.2) is 0 Å². The zero-order valence-corrected chi connectivity index (χ0v) is 11.8. The van der Waals surface area contributed by atoms with Crippen molar-refractivity contribution in [1.29, 1.82) is 0 Å². The average molecular weight is 292 g/mol. The van der Waals surface area contributed by atoms with Gasteiger partial charge in [0.2, 0.25) is 0 Å². The van der Waals surface area contributed by atoms with Gasteiger partial charge in [0.1, 0.15) is 5.82 Å². The van der Waals surface area contributed by atoms with Crippen LogP contribution in [0.15, 0.2) is 36.5 Å². The molecule has 0 aliphatic rings. The molecule has 0 saturated carbocycles. The quantitative estimate of drug-likeness (QED) is 0.905. The fraction of sp³-hybridized carbons (Fsp3) is 0.143. The van der Waals surface area contributed by atoms with Crippen LogP contribution in [-0.4, -0.2) is 30.2 Å². The van der Waals surface area contributed by atoms with Gasteiger partial charge in [-0.1, -0.05) is 17.7 Å². The lowest BCUT2D eigenvalue weighted by Gasteiger charge is -2.14. The Labute approximate surface area is 121 Å². The van der Waals surface area contributed by atoms with Gasteiger partial charge >= 0.3 is 5.97 Å². The fourth-order valence-electron chi connectivity index (χ4n) is 1.65. The molecule has 0 unspecified atom stereocenters. The molecule has 2 rings (SSSR count). The number of rotatable bonds is 4. The summed E-state index contributed by atoms with van der Waals surface area (Å²) in [6, 6.07) is 9.10. The van der Waals surface area contributed by atoms with E-state index in [1.165, 1.54) is 12.3 Å². The fourth-order valence-corrected chi connectivity index (χ4v) is 1.86. The molecule has 1 aromatic carbocycles. The minimum Gasteiger partial charge on any atom is -0.478 e. The lowest BCUT2D eigenvalue weighted by molar-refractivity contribution is 0.0696. The van der Waals surface area contributed by atoms with Gasteiger partial charge in [-0.15, -0.1) is 0 Å². The topological polar surface area (TPSA) is 65.5 Å². The van der Waals surface area contributed by atoms with Crippen LogP contribution in [-0.2, 0) is 0 Å². The van der Waals surface area contributed by atoms with E-state index in [0.29, 0.717) is 5.82 Å². The number of hydrogen-bond donors (Lipinski definition) is 2. The van der Waals surface area contributed by atoms with E-state index < -0.39 is 5.97 Å². The van der Waals surface area contributed by atoms with E-state index in [9.17, 15) is 4.79 Å². The van der Waals surface area contributed by atoms with Gasteiger partial charge in [0.25, 0.3) is 0 Å². The zero-order chi connectivity index (χ0) is 14.7. The number of aromatic nitrogens is 1. The molecule has 0 atom stereocenters. The second-order valence-corrected chi connectivity index (χ2v) is 4.84. The van der Waals surface area contributed by atoms with E-state index >= 15 is 0 Å². The van der Waals surface area contributed by atoms with Gasteiger partial charge in [-0.25, -0.2) is 9.78 Å². The highest BCUT2D eigenvalue weighted by Crippen LogP contribution is 2.26. The van der Waals surface area contributed by atoms with Crippen LogP contribution in [0.5, 0.6) is 0 Å². The molecule has 0 aliphatic carbocycles. The summed E-state index contributed by atoms with van der Waals surface area (Å²) in [7, 11) is 3.90. The largest absolute Gasteiger partial charge is 0.478 e. The molecule has 1 aromatic heterocycles. The Morgan fingerprint density at radius 2 is 2.10 bits per heavy atom. The summed E-state index contributed by atoms with van der Waals surface area (Å²) in [5, 5.41) is 12.2. The van der Waals surface area contributed by atoms with E-state index in [-0.39, 0.29) is 10.6 Å². The minimum atomic E-state index is -1.06. The second-order valence-electron chi connectivity index (χ2n) is 4.43. The van der Waals surface area contributed by atoms with Crippen molar-refractivity contribution in [2.24, 2.45) is 0 Å². The van der Waals surface area contributed by atoms with Crippen molar-refractivity contribution in [1.82, 2.24) is 4.98 Å². The molecule has 6 heteroatoms. The van der Waals surface area contributed by atoms with Crippen LogP contribution in [0, 0.1) is 0 Å². The number of pyridine rings is 1. The normalized spacial score (nSPS) is 10.2. The van der Waals surface area contributed by atoms with Crippen LogP contribution < -0.4 is 10.2 Å². The number of nitrogens with one attached hydrogen (secondary N) is 1. The van der Waals surface area contributed by atoms with Gasteiger partial charge in [-0.3, -0.25) is 0 Å². The number of aromatic carboxylic acids is 1. The predicted octanol–water partition coefficient (Wildman–Crippen LogP) is 3.24. The van der Waals surface area contributed by atoms with E-state index in [0.717, 1.165) is 11.4 Å². The summed E-state index contributed by atoms with van der Waals surface area (Å²) >= 11 is 6.03. The Kier molecular flexibility index (Phi) is 4.10. The molecule has 0 aliphatic heterocycles. The Morgan fingerprint density at radius 3 is 2.70 bits per heavy atom. The molecule has 0 saturated heterocycles. The second kappa shape index (κ2) is 5.79. The summed E-state index contributed by atoms with van der Waals surface area (Å²) in [5.74, 6) is -0.631. The van der Waals surface area contributed by atoms with Crippen LogP contribution in [0.4, 0.5) is 17.2 Å². The summed E-state index contributed by atoms with van der Waals surface area (Å²) in [4.78, 5) is 16.8. The standard InChI is InChI=1S/C14H14ClN3O2/c1-18(2)11-5-3-4-10(7-11)17-13-12(15)6-9(8-16-13)14(19)20/h3-8H,1-2H3,(H,16,17)(H,19,20). The number of hydrogen-bond acceptors (Lipinski definition) is 4. The molecule has 2 aromatic rings. The first-order valence-corrected chi connectivity index (χ1v) is 6.28. The Bertz CT molecular complexity index is 644. The number of benzene rings is 1. The lowest BCUT2D eigenvalue weighted by atomic mass is 10.2. The first kappa shape index (κ1) is 14.1. The number of nitrogens with zero attached hydrogens (tertiary/aromatic N) is 2. The Morgan fingerprint density at radius 1 is 1.35 bits per heavy atom. The molecule has 5 nitrogen and oxygen atoms in total. The zero-order valence-electron chi connectivity index (χ0n) is 11.1. The van der Waals surface area contributed by atoms with Crippen molar-refractivity contribution in [3.05, 3.63) is 47.1 Å². The number of anilines is 3. The molecular formula is C14H14ClN3O2. The summed E-state index contributed by atoms with van der Waals surface area (Å²) in [6.45, 7) is 0. The van der Waals surface area contributed by atoms with Gasteiger partial charge < -0.3 is 15.3 Å². The van der Waals surface area contributed by atoms with Crippen LogP contribution >= 0.6 is 11.6 Å². The van der Waals surface area contributed by atoms with Gasteiger partial charge in [0.05, 0.1) is 10.6 Å². The summed E-state index contributed by atoms with van der Waals surface area (Å²) in [5.41, 5.74) is 1.92. The van der Waals surface area contributed by atoms with Crippen molar-refractivity contribution >= 4 is 34.8 Å². The highest BCUT2D eigenvalue weighted by atomic mass is 35.5. The van der Waals surface area contributed by atoms with Crippen molar-refractivity contribution in [3.8, 4) is 0 Å². The maximum atomic E-state index is 10.8. The molecule has 0 bridgehead atoms. The molecule has 0 fully saturated rings. The molecule has 1 heterocycles. The summed E-state index contributed by atoms with van der Waals surface area (Å²) < 4.78 is 0. The van der Waals surface area contributed by atoms with Crippen molar-refractivity contribution in [2.45, 2.75) is 0 Å². The maximum absolute atomic E-state index is 10.8. The van der Waals surface area contributed by atoms with Crippen LogP contribution in [0.3, 0.4) is 0 Å². The van der Waals surface area contributed by atoms with Crippen molar-refractivity contribution < 1.29 is 9.90 Å². The van der Waals surface area contributed by atoms with Gasteiger partial charge in [-0.2, -0.15) is 0 Å². The third kappa shape index (κ3) is 3.19. The maximum Gasteiger partial charge on any atom is 0.337 e.